The first-order valence-corrected chi connectivity index (χ1v) is 9.86. The fourth-order valence-corrected chi connectivity index (χ4v) is 3.73. The van der Waals surface area contributed by atoms with E-state index < -0.39 is 0 Å². The number of hydrogen-bond acceptors (Lipinski definition) is 4. The zero-order valence-corrected chi connectivity index (χ0v) is 16.0. The van der Waals surface area contributed by atoms with Crippen molar-refractivity contribution in [1.82, 2.24) is 20.1 Å². The highest BCUT2D eigenvalue weighted by Crippen LogP contribution is 2.28. The quantitative estimate of drug-likeness (QED) is 0.573. The summed E-state index contributed by atoms with van der Waals surface area (Å²) in [6.45, 7) is 2.53. The van der Waals surface area contributed by atoms with Crippen LogP contribution in [-0.4, -0.2) is 34.5 Å². The maximum absolute atomic E-state index is 5.85. The Kier molecular flexibility index (Phi) is 4.90. The summed E-state index contributed by atoms with van der Waals surface area (Å²) in [6, 6.07) is 23.0. The third-order valence-electron chi connectivity index (χ3n) is 5.23. The fourth-order valence-electron chi connectivity index (χ4n) is 3.73. The van der Waals surface area contributed by atoms with E-state index in [-0.39, 0.29) is 6.10 Å². The van der Waals surface area contributed by atoms with Crippen molar-refractivity contribution in [3.8, 4) is 28.1 Å². The molecule has 0 amide bonds. The zero-order chi connectivity index (χ0) is 19.5. The highest BCUT2D eigenvalue weighted by Gasteiger charge is 2.16. The molecule has 1 aliphatic rings. The van der Waals surface area contributed by atoms with E-state index in [2.05, 4.69) is 70.0 Å². The number of benzene rings is 2. The first kappa shape index (κ1) is 17.8. The third kappa shape index (κ3) is 3.70. The Morgan fingerprint density at radius 3 is 2.55 bits per heavy atom. The Hall–Kier alpha value is -3.28. The molecule has 0 spiro atoms. The van der Waals surface area contributed by atoms with Gasteiger partial charge in [0.15, 0.2) is 0 Å². The molecule has 0 radical (unpaired) electrons. The number of aromatic nitrogens is 3. The van der Waals surface area contributed by atoms with Gasteiger partial charge in [0.25, 0.3) is 0 Å². The van der Waals surface area contributed by atoms with E-state index >= 15 is 0 Å². The minimum Gasteiger partial charge on any atom is -0.371 e. The highest BCUT2D eigenvalue weighted by atomic mass is 16.5. The van der Waals surface area contributed by atoms with Crippen LogP contribution in [0.5, 0.6) is 0 Å². The third-order valence-corrected chi connectivity index (χ3v) is 5.23. The van der Waals surface area contributed by atoms with Crippen molar-refractivity contribution in [3.05, 3.63) is 90.9 Å². The number of pyridine rings is 1. The standard InChI is InChI=1S/C24H22N4O/c1-3-19(21-5-2-11-25-16-21)15-20(4-1)23-10-12-27-28(23)22-8-6-18(7-9-22)24-17-26-13-14-29-24/h1-12,15-16,24,26H,13-14,17H2. The Morgan fingerprint density at radius 1 is 0.897 bits per heavy atom. The predicted octanol–water partition coefficient (Wildman–Crippen LogP) is 4.26. The van der Waals surface area contributed by atoms with Crippen LogP contribution in [0.25, 0.3) is 28.1 Å². The Labute approximate surface area is 170 Å². The summed E-state index contributed by atoms with van der Waals surface area (Å²) in [7, 11) is 0. The van der Waals surface area contributed by atoms with Gasteiger partial charge in [-0.25, -0.2) is 4.68 Å². The molecule has 0 saturated carbocycles. The molecule has 5 nitrogen and oxygen atoms in total. The van der Waals surface area contributed by atoms with Gasteiger partial charge in [-0.15, -0.1) is 0 Å². The second-order valence-electron chi connectivity index (χ2n) is 7.11. The second-order valence-corrected chi connectivity index (χ2v) is 7.11. The molecule has 2 aromatic carbocycles. The van der Waals surface area contributed by atoms with Crippen LogP contribution in [0.2, 0.25) is 0 Å². The number of hydrogen-bond donors (Lipinski definition) is 1. The molecule has 1 N–H and O–H groups in total. The minimum atomic E-state index is 0.117. The van der Waals surface area contributed by atoms with Gasteiger partial charge in [-0.2, -0.15) is 5.10 Å². The maximum atomic E-state index is 5.85. The van der Waals surface area contributed by atoms with Crippen molar-refractivity contribution in [2.75, 3.05) is 19.7 Å². The molecule has 2 aromatic heterocycles. The molecule has 1 unspecified atom stereocenters. The van der Waals surface area contributed by atoms with Crippen molar-refractivity contribution in [3.63, 3.8) is 0 Å². The summed E-state index contributed by atoms with van der Waals surface area (Å²) in [4.78, 5) is 4.23. The maximum Gasteiger partial charge on any atom is 0.0949 e. The average molecular weight is 382 g/mol. The van der Waals surface area contributed by atoms with E-state index in [1.54, 1.807) is 6.20 Å². The van der Waals surface area contributed by atoms with Crippen LogP contribution in [0.4, 0.5) is 0 Å². The van der Waals surface area contributed by atoms with Crippen LogP contribution in [-0.2, 0) is 4.74 Å². The average Bonchev–Trinajstić information content (AvgIpc) is 3.31. The van der Waals surface area contributed by atoms with Gasteiger partial charge in [0.05, 0.1) is 30.3 Å². The summed E-state index contributed by atoms with van der Waals surface area (Å²) in [5.41, 5.74) is 6.64. The normalized spacial score (nSPS) is 16.6. The molecule has 3 heterocycles. The number of nitrogens with zero attached hydrogens (tertiary/aromatic N) is 3. The summed E-state index contributed by atoms with van der Waals surface area (Å²) in [5.74, 6) is 0. The van der Waals surface area contributed by atoms with Gasteiger partial charge in [0, 0.05) is 36.6 Å². The van der Waals surface area contributed by atoms with Crippen molar-refractivity contribution >= 4 is 0 Å². The topological polar surface area (TPSA) is 52.0 Å². The molecule has 29 heavy (non-hydrogen) atoms. The number of morpholine rings is 1. The van der Waals surface area contributed by atoms with Gasteiger partial charge in [0.2, 0.25) is 0 Å². The lowest BCUT2D eigenvalue weighted by molar-refractivity contribution is 0.0277. The molecule has 5 rings (SSSR count). The van der Waals surface area contributed by atoms with E-state index in [0.29, 0.717) is 0 Å². The molecule has 0 aliphatic carbocycles. The first-order chi connectivity index (χ1) is 14.4. The largest absolute Gasteiger partial charge is 0.371 e. The molecule has 1 atom stereocenters. The SMILES string of the molecule is c1cncc(-c2cccc(-c3ccnn3-c3ccc(C4CNCCO4)cc3)c2)c1. The Balaban J connectivity index is 1.46. The number of rotatable bonds is 4. The van der Waals surface area contributed by atoms with Gasteiger partial charge in [-0.05, 0) is 41.5 Å². The highest BCUT2D eigenvalue weighted by molar-refractivity contribution is 5.71. The summed E-state index contributed by atoms with van der Waals surface area (Å²) >= 11 is 0. The van der Waals surface area contributed by atoms with Crippen molar-refractivity contribution in [2.45, 2.75) is 6.10 Å². The van der Waals surface area contributed by atoms with E-state index in [1.165, 1.54) is 5.56 Å². The Bertz CT molecular complexity index is 1080. The number of nitrogens with one attached hydrogen (secondary N) is 1. The minimum absolute atomic E-state index is 0.117. The molecule has 4 aromatic rings. The smallest absolute Gasteiger partial charge is 0.0949 e. The van der Waals surface area contributed by atoms with Gasteiger partial charge in [-0.3, -0.25) is 4.98 Å². The molecule has 1 fully saturated rings. The lowest BCUT2D eigenvalue weighted by atomic mass is 10.0. The molecule has 1 saturated heterocycles. The van der Waals surface area contributed by atoms with Gasteiger partial charge in [-0.1, -0.05) is 36.4 Å². The van der Waals surface area contributed by atoms with Crippen LogP contribution < -0.4 is 5.32 Å². The predicted molar refractivity (Wildman–Crippen MR) is 114 cm³/mol. The summed E-state index contributed by atoms with van der Waals surface area (Å²) < 4.78 is 7.83. The van der Waals surface area contributed by atoms with Crippen LogP contribution in [0.1, 0.15) is 11.7 Å². The van der Waals surface area contributed by atoms with E-state index in [0.717, 1.165) is 47.8 Å². The van der Waals surface area contributed by atoms with Crippen LogP contribution in [0, 0.1) is 0 Å². The van der Waals surface area contributed by atoms with E-state index in [9.17, 15) is 0 Å². The van der Waals surface area contributed by atoms with Gasteiger partial charge in [0.1, 0.15) is 0 Å². The van der Waals surface area contributed by atoms with Crippen molar-refractivity contribution in [1.29, 1.82) is 0 Å². The lowest BCUT2D eigenvalue weighted by Crippen LogP contribution is -2.33. The van der Waals surface area contributed by atoms with Crippen molar-refractivity contribution in [2.24, 2.45) is 0 Å². The van der Waals surface area contributed by atoms with Crippen LogP contribution in [0.15, 0.2) is 85.3 Å². The van der Waals surface area contributed by atoms with Crippen molar-refractivity contribution < 1.29 is 4.74 Å². The molecular formula is C24H22N4O. The zero-order valence-electron chi connectivity index (χ0n) is 16.0. The lowest BCUT2D eigenvalue weighted by Gasteiger charge is -2.24. The summed E-state index contributed by atoms with van der Waals surface area (Å²) in [5, 5.41) is 7.95. The second kappa shape index (κ2) is 7.99. The molecular weight excluding hydrogens is 360 g/mol. The molecule has 1 aliphatic heterocycles. The molecule has 144 valence electrons. The van der Waals surface area contributed by atoms with Gasteiger partial charge < -0.3 is 10.1 Å². The van der Waals surface area contributed by atoms with Crippen LogP contribution >= 0.6 is 0 Å². The van der Waals surface area contributed by atoms with E-state index in [1.807, 2.05) is 29.2 Å². The van der Waals surface area contributed by atoms with Gasteiger partial charge >= 0.3 is 0 Å². The monoisotopic (exact) mass is 382 g/mol. The van der Waals surface area contributed by atoms with Crippen LogP contribution in [0.3, 0.4) is 0 Å². The first-order valence-electron chi connectivity index (χ1n) is 9.86. The fraction of sp³-hybridized carbons (Fsp3) is 0.167. The molecule has 0 bridgehead atoms. The van der Waals surface area contributed by atoms with E-state index in [4.69, 9.17) is 4.74 Å². The Morgan fingerprint density at radius 2 is 1.76 bits per heavy atom. The molecule has 5 heteroatoms. The summed E-state index contributed by atoms with van der Waals surface area (Å²) in [6.07, 6.45) is 5.64. The number of ether oxygens (including phenoxy) is 1.